The first-order valence-electron chi connectivity index (χ1n) is 10.0. The lowest BCUT2D eigenvalue weighted by molar-refractivity contribution is -0.111. The number of nitrogens with zero attached hydrogens (tertiary/aromatic N) is 2. The summed E-state index contributed by atoms with van der Waals surface area (Å²) in [6.07, 6.45) is 1.76. The minimum absolute atomic E-state index is 0.127. The Kier molecular flexibility index (Phi) is 6.68. The molecule has 0 atom stereocenters. The molecule has 0 radical (unpaired) electrons. The van der Waals surface area contributed by atoms with E-state index in [1.54, 1.807) is 36.4 Å². The summed E-state index contributed by atoms with van der Waals surface area (Å²) < 4.78 is 3.01. The Morgan fingerprint density at radius 3 is 2.48 bits per heavy atom. The van der Waals surface area contributed by atoms with Crippen LogP contribution in [0.15, 0.2) is 88.1 Å². The zero-order valence-electron chi connectivity index (χ0n) is 17.6. The lowest BCUT2D eigenvalue weighted by atomic mass is 10.2. The lowest BCUT2D eigenvalue weighted by Crippen LogP contribution is -2.32. The van der Waals surface area contributed by atoms with Crippen LogP contribution in [0.4, 0.5) is 5.69 Å². The maximum absolute atomic E-state index is 13.4. The molecule has 1 heterocycles. The third-order valence-corrected chi connectivity index (χ3v) is 6.52. The molecule has 162 valence electrons. The number of nitriles is 1. The predicted octanol–water partition coefficient (Wildman–Crippen LogP) is 4.11. The third kappa shape index (κ3) is 4.87. The number of rotatable bonds is 4. The molecule has 1 aromatic heterocycles. The summed E-state index contributed by atoms with van der Waals surface area (Å²) in [6, 6.07) is 25.9. The van der Waals surface area contributed by atoms with Gasteiger partial charge in [-0.05, 0) is 54.5 Å². The van der Waals surface area contributed by atoms with Gasteiger partial charge in [0.05, 0.1) is 10.2 Å². The minimum atomic E-state index is -0.563. The van der Waals surface area contributed by atoms with Gasteiger partial charge in [0.1, 0.15) is 10.7 Å². The van der Waals surface area contributed by atoms with Gasteiger partial charge in [0, 0.05) is 10.2 Å². The molecule has 0 aliphatic heterocycles. The summed E-state index contributed by atoms with van der Waals surface area (Å²) in [6.45, 7) is 1.87. The van der Waals surface area contributed by atoms with Gasteiger partial charge in [0.15, 0.2) is 5.57 Å². The van der Waals surface area contributed by atoms with Gasteiger partial charge in [-0.1, -0.05) is 64.5 Å². The Morgan fingerprint density at radius 1 is 1.06 bits per heavy atom. The average Bonchev–Trinajstić information content (AvgIpc) is 3.12. The molecule has 7 heteroatoms. The molecular formula is C26H18BrN3O2S. The van der Waals surface area contributed by atoms with Crippen molar-refractivity contribution in [2.45, 2.75) is 6.92 Å². The summed E-state index contributed by atoms with van der Waals surface area (Å²) >= 11 is 4.56. The van der Waals surface area contributed by atoms with Crippen molar-refractivity contribution < 1.29 is 4.79 Å². The highest BCUT2D eigenvalue weighted by molar-refractivity contribution is 9.10. The Labute approximate surface area is 202 Å². The summed E-state index contributed by atoms with van der Waals surface area (Å²) in [5, 5.41) is 12.7. The van der Waals surface area contributed by atoms with E-state index in [0.29, 0.717) is 15.9 Å². The molecule has 0 bridgehead atoms. The highest BCUT2D eigenvalue weighted by Gasteiger charge is 2.17. The number of benzene rings is 3. The van der Waals surface area contributed by atoms with E-state index in [-0.39, 0.29) is 15.8 Å². The van der Waals surface area contributed by atoms with Crippen molar-refractivity contribution >= 4 is 50.5 Å². The molecule has 0 aliphatic carbocycles. The number of para-hydroxylation sites is 2. The average molecular weight is 516 g/mol. The number of aromatic nitrogens is 1. The molecule has 0 aliphatic rings. The van der Waals surface area contributed by atoms with E-state index in [2.05, 4.69) is 21.2 Å². The van der Waals surface area contributed by atoms with Crippen LogP contribution in [-0.2, 0) is 4.79 Å². The normalized spacial score (nSPS) is 12.2. The van der Waals surface area contributed by atoms with Gasteiger partial charge >= 0.3 is 0 Å². The second-order valence-corrected chi connectivity index (χ2v) is 9.15. The van der Waals surface area contributed by atoms with Crippen LogP contribution in [0.5, 0.6) is 0 Å². The zero-order chi connectivity index (χ0) is 23.4. The quantitative estimate of drug-likeness (QED) is 0.444. The monoisotopic (exact) mass is 515 g/mol. The smallest absolute Gasteiger partial charge is 0.273 e. The number of amides is 1. The van der Waals surface area contributed by atoms with Crippen LogP contribution in [0.2, 0.25) is 0 Å². The van der Waals surface area contributed by atoms with Crippen molar-refractivity contribution in [3.8, 4) is 11.8 Å². The van der Waals surface area contributed by atoms with E-state index in [1.807, 2.05) is 61.5 Å². The predicted molar refractivity (Wildman–Crippen MR) is 136 cm³/mol. The Balaban J connectivity index is 1.97. The molecule has 1 amide bonds. The Morgan fingerprint density at radius 2 is 1.79 bits per heavy atom. The topological polar surface area (TPSA) is 74.9 Å². The molecule has 4 aromatic rings. The molecule has 3 aromatic carbocycles. The molecule has 33 heavy (non-hydrogen) atoms. The lowest BCUT2D eigenvalue weighted by Gasteiger charge is -2.08. The van der Waals surface area contributed by atoms with Crippen molar-refractivity contribution in [2.75, 3.05) is 5.32 Å². The molecule has 4 rings (SSSR count). The zero-order valence-corrected chi connectivity index (χ0v) is 20.0. The van der Waals surface area contributed by atoms with E-state index in [9.17, 15) is 14.9 Å². The summed E-state index contributed by atoms with van der Waals surface area (Å²) in [7, 11) is 0. The van der Waals surface area contributed by atoms with Gasteiger partial charge in [0.2, 0.25) is 0 Å². The van der Waals surface area contributed by atoms with E-state index >= 15 is 0 Å². The number of carbonyl (C=O) groups excluding carboxylic acids is 1. The maximum atomic E-state index is 13.4. The van der Waals surface area contributed by atoms with Gasteiger partial charge in [-0.15, -0.1) is 11.3 Å². The highest BCUT2D eigenvalue weighted by atomic mass is 79.9. The van der Waals surface area contributed by atoms with Gasteiger partial charge < -0.3 is 5.32 Å². The van der Waals surface area contributed by atoms with Crippen molar-refractivity contribution in [1.29, 1.82) is 5.26 Å². The molecule has 0 saturated heterocycles. The van der Waals surface area contributed by atoms with E-state index in [0.717, 1.165) is 26.9 Å². The van der Waals surface area contributed by atoms with E-state index in [4.69, 9.17) is 0 Å². The first-order valence-corrected chi connectivity index (χ1v) is 11.6. The van der Waals surface area contributed by atoms with E-state index in [1.165, 1.54) is 4.57 Å². The van der Waals surface area contributed by atoms with Crippen LogP contribution >= 0.6 is 27.3 Å². The largest absolute Gasteiger partial charge is 0.321 e. The summed E-state index contributed by atoms with van der Waals surface area (Å²) in [4.78, 5) is 26.5. The molecule has 0 saturated carbocycles. The van der Waals surface area contributed by atoms with Gasteiger partial charge in [-0.25, -0.2) is 0 Å². The van der Waals surface area contributed by atoms with Crippen LogP contribution in [0.1, 0.15) is 11.1 Å². The molecule has 0 spiro atoms. The fourth-order valence-electron chi connectivity index (χ4n) is 3.30. The molecule has 1 N–H and O–H groups in total. The first-order chi connectivity index (χ1) is 16.0. The Hall–Kier alpha value is -3.73. The Bertz CT molecular complexity index is 1560. The van der Waals surface area contributed by atoms with Crippen LogP contribution in [0.25, 0.3) is 17.3 Å². The summed E-state index contributed by atoms with van der Waals surface area (Å²) in [5.74, 6) is -0.563. The number of anilines is 1. The molecular weight excluding hydrogens is 498 g/mol. The van der Waals surface area contributed by atoms with Gasteiger partial charge in [-0.3, -0.25) is 14.2 Å². The van der Waals surface area contributed by atoms with Crippen molar-refractivity contribution in [2.24, 2.45) is 0 Å². The molecule has 0 fully saturated rings. The van der Waals surface area contributed by atoms with Crippen molar-refractivity contribution in [3.05, 3.63) is 114 Å². The van der Waals surface area contributed by atoms with Gasteiger partial charge in [-0.2, -0.15) is 5.26 Å². The number of thiazole rings is 1. The maximum Gasteiger partial charge on any atom is 0.273 e. The molecule has 5 nitrogen and oxygen atoms in total. The van der Waals surface area contributed by atoms with E-state index < -0.39 is 5.91 Å². The van der Waals surface area contributed by atoms with Crippen LogP contribution in [-0.4, -0.2) is 10.5 Å². The number of hydrogen-bond donors (Lipinski definition) is 1. The third-order valence-electron chi connectivity index (χ3n) is 4.93. The van der Waals surface area contributed by atoms with Crippen LogP contribution < -0.4 is 20.1 Å². The van der Waals surface area contributed by atoms with Crippen LogP contribution in [0.3, 0.4) is 0 Å². The number of hydrogen-bond acceptors (Lipinski definition) is 4. The minimum Gasteiger partial charge on any atom is -0.321 e. The van der Waals surface area contributed by atoms with Gasteiger partial charge in [0.25, 0.3) is 11.5 Å². The molecule has 0 unspecified atom stereocenters. The number of aryl methyl sites for hydroxylation is 1. The SMILES string of the molecule is Cc1ccccc1NC(=O)/C(C#N)=c1/s/c(=C/c2cccc(Br)c2)c(=O)n1-c1ccccc1. The fourth-order valence-corrected chi connectivity index (χ4v) is 4.82. The number of nitrogens with one attached hydrogen (secondary N) is 1. The second-order valence-electron chi connectivity index (χ2n) is 7.20. The fraction of sp³-hybridized carbons (Fsp3) is 0.0385. The van der Waals surface area contributed by atoms with Crippen LogP contribution in [0, 0.1) is 18.3 Å². The highest BCUT2D eigenvalue weighted by Crippen LogP contribution is 2.15. The second kappa shape index (κ2) is 9.82. The number of halogens is 1. The number of carbonyl (C=O) groups is 1. The standard InChI is InChI=1S/C26H18BrN3O2S/c1-17-8-5-6-13-22(17)29-24(31)21(16-28)26-30(20-11-3-2-4-12-20)25(32)23(33-26)15-18-9-7-10-19(27)14-18/h2-15H,1H3,(H,29,31)/b23-15+,26-21+. The summed E-state index contributed by atoms with van der Waals surface area (Å²) in [5.41, 5.74) is 2.48. The van der Waals surface area contributed by atoms with Crippen molar-refractivity contribution in [1.82, 2.24) is 4.57 Å². The first kappa shape index (κ1) is 22.5. The van der Waals surface area contributed by atoms with Crippen molar-refractivity contribution in [3.63, 3.8) is 0 Å².